The van der Waals surface area contributed by atoms with E-state index in [0.717, 1.165) is 12.1 Å². The van der Waals surface area contributed by atoms with Crippen LogP contribution in [0.2, 0.25) is 0 Å². The van der Waals surface area contributed by atoms with Gasteiger partial charge in [-0.25, -0.2) is 13.2 Å². The first-order valence-electron chi connectivity index (χ1n) is 6.01. The van der Waals surface area contributed by atoms with E-state index >= 15 is 0 Å². The van der Waals surface area contributed by atoms with Crippen LogP contribution in [0, 0.1) is 17.5 Å². The lowest BCUT2D eigenvalue weighted by atomic mass is 10.1. The molecule has 6 heteroatoms. The van der Waals surface area contributed by atoms with Gasteiger partial charge in [-0.3, -0.25) is 5.10 Å². The molecule has 1 N–H and O–H groups in total. The van der Waals surface area contributed by atoms with Crippen molar-refractivity contribution in [1.29, 1.82) is 0 Å². The molecule has 3 rings (SSSR count). The normalized spacial score (nSPS) is 10.9. The summed E-state index contributed by atoms with van der Waals surface area (Å²) in [6.45, 7) is 0. The average Bonchev–Trinajstić information content (AvgIpc) is 2.87. The van der Waals surface area contributed by atoms with Crippen LogP contribution in [-0.4, -0.2) is 10.2 Å². The predicted octanol–water partition coefficient (Wildman–Crippen LogP) is 4.92. The van der Waals surface area contributed by atoms with E-state index in [4.69, 9.17) is 0 Å². The molecule has 2 aromatic carbocycles. The zero-order chi connectivity index (χ0) is 15.0. The fraction of sp³-hybridized carbons (Fsp3) is 0. The number of rotatable bonds is 2. The molecule has 1 heterocycles. The summed E-state index contributed by atoms with van der Waals surface area (Å²) in [6.07, 6.45) is 0. The van der Waals surface area contributed by atoms with Gasteiger partial charge < -0.3 is 0 Å². The standard InChI is InChI=1S/C15H8BrF3N2/c16-10-2-1-3-11(18)15(10)14-7-13(20-21-14)9-5-4-8(17)6-12(9)19/h1-7H,(H,20,21). The fourth-order valence-corrected chi connectivity index (χ4v) is 2.58. The van der Waals surface area contributed by atoms with Crippen molar-refractivity contribution in [3.05, 3.63) is 64.4 Å². The van der Waals surface area contributed by atoms with Crippen LogP contribution >= 0.6 is 15.9 Å². The Bertz CT molecular complexity index is 794. The summed E-state index contributed by atoms with van der Waals surface area (Å²) < 4.78 is 41.1. The van der Waals surface area contributed by atoms with Gasteiger partial charge in [0.1, 0.15) is 17.5 Å². The lowest BCUT2D eigenvalue weighted by Crippen LogP contribution is -1.86. The molecule has 2 nitrogen and oxygen atoms in total. The molecule has 21 heavy (non-hydrogen) atoms. The van der Waals surface area contributed by atoms with E-state index in [-0.39, 0.29) is 11.1 Å². The van der Waals surface area contributed by atoms with Gasteiger partial charge >= 0.3 is 0 Å². The maximum absolute atomic E-state index is 13.9. The number of hydrogen-bond donors (Lipinski definition) is 1. The highest BCUT2D eigenvalue weighted by Gasteiger charge is 2.15. The van der Waals surface area contributed by atoms with Gasteiger partial charge in [0.25, 0.3) is 0 Å². The van der Waals surface area contributed by atoms with Gasteiger partial charge in [-0.2, -0.15) is 5.10 Å². The van der Waals surface area contributed by atoms with Crippen LogP contribution < -0.4 is 0 Å². The van der Waals surface area contributed by atoms with Crippen molar-refractivity contribution in [1.82, 2.24) is 10.2 Å². The zero-order valence-corrected chi connectivity index (χ0v) is 12.1. The second-order valence-corrected chi connectivity index (χ2v) is 5.24. The number of halogens is 4. The fourth-order valence-electron chi connectivity index (χ4n) is 2.04. The van der Waals surface area contributed by atoms with Crippen molar-refractivity contribution in [3.8, 4) is 22.5 Å². The number of aromatic amines is 1. The second kappa shape index (κ2) is 5.37. The summed E-state index contributed by atoms with van der Waals surface area (Å²) in [4.78, 5) is 0. The maximum atomic E-state index is 13.9. The first kappa shape index (κ1) is 13.9. The average molecular weight is 353 g/mol. The number of nitrogens with zero attached hydrogens (tertiary/aromatic N) is 1. The van der Waals surface area contributed by atoms with E-state index in [0.29, 0.717) is 15.9 Å². The Balaban J connectivity index is 2.08. The molecule has 1 aromatic heterocycles. The van der Waals surface area contributed by atoms with E-state index in [2.05, 4.69) is 26.1 Å². The molecule has 0 radical (unpaired) electrons. The molecule has 0 unspecified atom stereocenters. The molecule has 3 aromatic rings. The summed E-state index contributed by atoms with van der Waals surface area (Å²) in [5.74, 6) is -1.81. The number of nitrogens with one attached hydrogen (secondary N) is 1. The van der Waals surface area contributed by atoms with E-state index in [9.17, 15) is 13.2 Å². The molecule has 0 atom stereocenters. The smallest absolute Gasteiger partial charge is 0.135 e. The number of H-pyrrole nitrogens is 1. The van der Waals surface area contributed by atoms with Crippen LogP contribution in [0.1, 0.15) is 0 Å². The highest BCUT2D eigenvalue weighted by molar-refractivity contribution is 9.10. The molecular formula is C15H8BrF3N2. The topological polar surface area (TPSA) is 28.7 Å². The third kappa shape index (κ3) is 2.58. The van der Waals surface area contributed by atoms with Crippen molar-refractivity contribution < 1.29 is 13.2 Å². The maximum Gasteiger partial charge on any atom is 0.135 e. The molecule has 0 bridgehead atoms. The number of aromatic nitrogens is 2. The Kier molecular flexibility index (Phi) is 3.55. The molecule has 0 amide bonds. The zero-order valence-electron chi connectivity index (χ0n) is 10.5. The Morgan fingerprint density at radius 2 is 1.76 bits per heavy atom. The lowest BCUT2D eigenvalue weighted by Gasteiger charge is -2.01. The molecule has 0 saturated carbocycles. The van der Waals surface area contributed by atoms with Crippen LogP contribution in [0.3, 0.4) is 0 Å². The Morgan fingerprint density at radius 3 is 2.48 bits per heavy atom. The predicted molar refractivity (Wildman–Crippen MR) is 77.0 cm³/mol. The third-order valence-corrected chi connectivity index (χ3v) is 3.68. The van der Waals surface area contributed by atoms with E-state index < -0.39 is 17.5 Å². The molecule has 0 aliphatic heterocycles. The van der Waals surface area contributed by atoms with Gasteiger partial charge in [-0.05, 0) is 46.3 Å². The van der Waals surface area contributed by atoms with E-state index in [1.165, 1.54) is 18.2 Å². The minimum Gasteiger partial charge on any atom is -0.277 e. The minimum atomic E-state index is -0.710. The van der Waals surface area contributed by atoms with Crippen LogP contribution in [-0.2, 0) is 0 Å². The monoisotopic (exact) mass is 352 g/mol. The molecule has 106 valence electrons. The first-order valence-corrected chi connectivity index (χ1v) is 6.81. The highest BCUT2D eigenvalue weighted by Crippen LogP contribution is 2.32. The van der Waals surface area contributed by atoms with Crippen LogP contribution in [0.15, 0.2) is 46.9 Å². The first-order chi connectivity index (χ1) is 10.1. The van der Waals surface area contributed by atoms with E-state index in [1.807, 2.05) is 0 Å². The van der Waals surface area contributed by atoms with Gasteiger partial charge in [-0.15, -0.1) is 0 Å². The molecule has 0 spiro atoms. The summed E-state index contributed by atoms with van der Waals surface area (Å²) in [6, 6.07) is 9.32. The van der Waals surface area contributed by atoms with Crippen LogP contribution in [0.4, 0.5) is 13.2 Å². The van der Waals surface area contributed by atoms with Crippen molar-refractivity contribution >= 4 is 15.9 Å². The number of hydrogen-bond acceptors (Lipinski definition) is 1. The highest BCUT2D eigenvalue weighted by atomic mass is 79.9. The number of benzene rings is 2. The summed E-state index contributed by atoms with van der Waals surface area (Å²) in [5.41, 5.74) is 1.13. The van der Waals surface area contributed by atoms with Crippen LogP contribution in [0.25, 0.3) is 22.5 Å². The minimum absolute atomic E-state index is 0.169. The molecule has 0 aliphatic carbocycles. The molecule has 0 saturated heterocycles. The largest absolute Gasteiger partial charge is 0.277 e. The van der Waals surface area contributed by atoms with Gasteiger partial charge in [0.05, 0.1) is 17.0 Å². The van der Waals surface area contributed by atoms with Crippen molar-refractivity contribution in [3.63, 3.8) is 0 Å². The van der Waals surface area contributed by atoms with Gasteiger partial charge in [-0.1, -0.05) is 6.07 Å². The van der Waals surface area contributed by atoms with E-state index in [1.54, 1.807) is 12.1 Å². The SMILES string of the molecule is Fc1ccc(-c2cc(-c3c(F)cccc3Br)n[nH]2)c(F)c1. The van der Waals surface area contributed by atoms with Gasteiger partial charge in [0.15, 0.2) is 0 Å². The second-order valence-electron chi connectivity index (χ2n) is 4.39. The van der Waals surface area contributed by atoms with Crippen molar-refractivity contribution in [2.24, 2.45) is 0 Å². The summed E-state index contributed by atoms with van der Waals surface area (Å²) in [7, 11) is 0. The third-order valence-electron chi connectivity index (χ3n) is 3.02. The quantitative estimate of drug-likeness (QED) is 0.696. The molecule has 0 fully saturated rings. The Morgan fingerprint density at radius 1 is 0.952 bits per heavy atom. The van der Waals surface area contributed by atoms with Crippen molar-refractivity contribution in [2.75, 3.05) is 0 Å². The molecular weight excluding hydrogens is 345 g/mol. The van der Waals surface area contributed by atoms with Gasteiger partial charge in [0.2, 0.25) is 0 Å². The Hall–Kier alpha value is -2.08. The molecule has 0 aliphatic rings. The van der Waals surface area contributed by atoms with Crippen molar-refractivity contribution in [2.45, 2.75) is 0 Å². The van der Waals surface area contributed by atoms with Crippen LogP contribution in [0.5, 0.6) is 0 Å². The van der Waals surface area contributed by atoms with Gasteiger partial charge in [0, 0.05) is 16.1 Å². The summed E-state index contributed by atoms with van der Waals surface area (Å²) in [5, 5.41) is 6.63. The lowest BCUT2D eigenvalue weighted by molar-refractivity contribution is 0.585. The summed E-state index contributed by atoms with van der Waals surface area (Å²) >= 11 is 3.26. The Labute approximate surface area is 126 Å².